The molecular weight excluding hydrogens is 228 g/mol. The van der Waals surface area contributed by atoms with Crippen LogP contribution in [0.5, 0.6) is 0 Å². The Morgan fingerprint density at radius 3 is 3.15 bits per heavy atom. The van der Waals surface area contributed by atoms with E-state index < -0.39 is 6.85 Å². The van der Waals surface area contributed by atoms with Crippen molar-refractivity contribution in [3.8, 4) is 11.4 Å². The molecule has 0 unspecified atom stereocenters. The van der Waals surface area contributed by atoms with Gasteiger partial charge < -0.3 is 4.98 Å². The van der Waals surface area contributed by atoms with E-state index in [-0.39, 0.29) is 17.9 Å². The van der Waals surface area contributed by atoms with Crippen molar-refractivity contribution in [2.75, 3.05) is 0 Å². The van der Waals surface area contributed by atoms with Crippen LogP contribution in [0.15, 0.2) is 35.0 Å². The van der Waals surface area contributed by atoms with Gasteiger partial charge >= 0.3 is 0 Å². The van der Waals surface area contributed by atoms with Crippen LogP contribution in [0, 0.1) is 6.85 Å². The lowest BCUT2D eigenvalue weighted by atomic mass is 10.1. The molecule has 0 atom stereocenters. The van der Waals surface area contributed by atoms with E-state index >= 15 is 0 Å². The fourth-order valence-corrected chi connectivity index (χ4v) is 1.38. The number of aromatic nitrogens is 2. The molecule has 13 heavy (non-hydrogen) atoms. The fourth-order valence-electron chi connectivity index (χ4n) is 0.998. The maximum absolute atomic E-state index is 7.38. The molecule has 2 nitrogen and oxygen atoms in total. The summed E-state index contributed by atoms with van der Waals surface area (Å²) in [6.45, 7) is -2.18. The second-order valence-corrected chi connectivity index (χ2v) is 3.37. The van der Waals surface area contributed by atoms with E-state index in [1.807, 2.05) is 0 Å². The second kappa shape index (κ2) is 3.34. The van der Waals surface area contributed by atoms with E-state index in [0.717, 1.165) is 0 Å². The van der Waals surface area contributed by atoms with Crippen molar-refractivity contribution in [2.24, 2.45) is 0 Å². The van der Waals surface area contributed by atoms with Crippen LogP contribution in [0.25, 0.3) is 11.4 Å². The molecule has 1 heterocycles. The highest BCUT2D eigenvalue weighted by Gasteiger charge is 2.01. The molecule has 0 saturated heterocycles. The Balaban J connectivity index is 2.46. The van der Waals surface area contributed by atoms with Gasteiger partial charge in [0.15, 0.2) is 0 Å². The molecular formula is C10H9BrN2. The Morgan fingerprint density at radius 1 is 1.62 bits per heavy atom. The largest absolute Gasteiger partial charge is 0.345 e. The van der Waals surface area contributed by atoms with Crippen molar-refractivity contribution < 1.29 is 6.85 Å². The van der Waals surface area contributed by atoms with E-state index in [9.17, 15) is 0 Å². The minimum Gasteiger partial charge on any atom is -0.345 e. The summed E-state index contributed by atoms with van der Waals surface area (Å²) < 4.78 is 37.2. The topological polar surface area (TPSA) is 28.7 Å². The lowest BCUT2D eigenvalue weighted by Crippen LogP contribution is -1.82. The van der Waals surface area contributed by atoms with Gasteiger partial charge in [0.05, 0.1) is 2.74 Å². The minimum absolute atomic E-state index is 0.0685. The zero-order valence-corrected chi connectivity index (χ0v) is 8.14. The third kappa shape index (κ3) is 1.65. The molecule has 66 valence electrons. The summed E-state index contributed by atoms with van der Waals surface area (Å²) in [6.07, 6.45) is -0.206. The van der Waals surface area contributed by atoms with Gasteiger partial charge in [0.2, 0.25) is 0 Å². The lowest BCUT2D eigenvalue weighted by Gasteiger charge is -2.00. The molecule has 1 aromatic carbocycles. The lowest BCUT2D eigenvalue weighted by molar-refractivity contribution is 1.30. The number of nitrogens with one attached hydrogen (secondary N) is 1. The zero-order valence-electron chi connectivity index (χ0n) is 11.6. The van der Waals surface area contributed by atoms with E-state index in [1.54, 1.807) is 12.1 Å². The first-order chi connectivity index (χ1) is 8.29. The predicted octanol–water partition coefficient (Wildman–Crippen LogP) is 3.15. The van der Waals surface area contributed by atoms with Gasteiger partial charge in [-0.05, 0) is 18.5 Å². The molecule has 2 aromatic rings. The van der Waals surface area contributed by atoms with Crippen LogP contribution < -0.4 is 0 Å². The van der Waals surface area contributed by atoms with Crippen molar-refractivity contribution in [1.29, 1.82) is 0 Å². The van der Waals surface area contributed by atoms with Crippen LogP contribution in [0.2, 0.25) is 0 Å². The molecule has 0 aliphatic rings. The summed E-state index contributed by atoms with van der Waals surface area (Å²) in [6, 6.07) is 4.70. The summed E-state index contributed by atoms with van der Waals surface area (Å²) in [5.41, 5.74) is 0.844. The number of hydrogen-bond acceptors (Lipinski definition) is 1. The maximum Gasteiger partial charge on any atom is 0.137 e. The quantitative estimate of drug-likeness (QED) is 0.817. The molecule has 0 bridgehead atoms. The van der Waals surface area contributed by atoms with E-state index in [1.165, 1.54) is 6.07 Å². The molecule has 1 N–H and O–H groups in total. The number of aromatic amines is 1. The van der Waals surface area contributed by atoms with Gasteiger partial charge in [-0.3, -0.25) is 0 Å². The number of rotatable bonds is 1. The van der Waals surface area contributed by atoms with Crippen molar-refractivity contribution in [2.45, 2.75) is 6.85 Å². The van der Waals surface area contributed by atoms with Gasteiger partial charge in [-0.2, -0.15) is 0 Å². The first kappa shape index (κ1) is 4.42. The summed E-state index contributed by atoms with van der Waals surface area (Å²) in [4.78, 5) is 6.53. The van der Waals surface area contributed by atoms with Gasteiger partial charge in [0, 0.05) is 26.5 Å². The van der Waals surface area contributed by atoms with Crippen molar-refractivity contribution in [1.82, 2.24) is 9.97 Å². The Morgan fingerprint density at radius 2 is 2.54 bits per heavy atom. The Bertz CT molecular complexity index is 571. The van der Waals surface area contributed by atoms with Crippen LogP contribution in [-0.4, -0.2) is 9.97 Å². The third-order valence-corrected chi connectivity index (χ3v) is 2.30. The van der Waals surface area contributed by atoms with E-state index in [4.69, 9.17) is 6.85 Å². The second-order valence-electron chi connectivity index (χ2n) is 2.52. The van der Waals surface area contributed by atoms with Crippen LogP contribution >= 0.6 is 15.9 Å². The monoisotopic (exact) mass is 241 g/mol. The number of aryl methyl sites for hydroxylation is 1. The van der Waals surface area contributed by atoms with Crippen LogP contribution in [-0.2, 0) is 0 Å². The number of imidazole rings is 1. The van der Waals surface area contributed by atoms with Crippen molar-refractivity contribution in [3.05, 3.63) is 40.6 Å². The Hall–Kier alpha value is -1.09. The normalized spacial score (nSPS) is 16.8. The average Bonchev–Trinajstić information content (AvgIpc) is 2.57. The van der Waals surface area contributed by atoms with Gasteiger partial charge in [-0.1, -0.05) is 28.1 Å². The molecule has 0 radical (unpaired) electrons. The molecule has 0 spiro atoms. The van der Waals surface area contributed by atoms with Crippen molar-refractivity contribution in [3.63, 3.8) is 0 Å². The van der Waals surface area contributed by atoms with Crippen LogP contribution in [0.1, 0.15) is 12.4 Å². The highest BCUT2D eigenvalue weighted by atomic mass is 79.9. The molecule has 0 aliphatic heterocycles. The summed E-state index contributed by atoms with van der Waals surface area (Å²) in [7, 11) is 0. The molecule has 0 amide bonds. The highest BCUT2D eigenvalue weighted by molar-refractivity contribution is 9.10. The Labute approximate surface area is 92.2 Å². The first-order valence-corrected chi connectivity index (χ1v) is 4.42. The van der Waals surface area contributed by atoms with Crippen LogP contribution in [0.3, 0.4) is 0 Å². The molecule has 0 saturated carbocycles. The highest BCUT2D eigenvalue weighted by Crippen LogP contribution is 2.22. The number of hydrogen-bond donors (Lipinski definition) is 1. The predicted molar refractivity (Wildman–Crippen MR) is 56.5 cm³/mol. The number of nitrogens with zero attached hydrogens (tertiary/aromatic N) is 1. The van der Waals surface area contributed by atoms with E-state index in [0.29, 0.717) is 15.9 Å². The fraction of sp³-hybridized carbons (Fsp3) is 0.100. The third-order valence-electron chi connectivity index (χ3n) is 1.65. The number of benzene rings is 1. The molecule has 3 heteroatoms. The van der Waals surface area contributed by atoms with Crippen LogP contribution in [0.4, 0.5) is 0 Å². The summed E-state index contributed by atoms with van der Waals surface area (Å²) in [5.74, 6) is 0.378. The van der Waals surface area contributed by atoms with E-state index in [2.05, 4.69) is 25.9 Å². The summed E-state index contributed by atoms with van der Waals surface area (Å²) >= 11 is 3.21. The van der Waals surface area contributed by atoms with Gasteiger partial charge in [0.1, 0.15) is 5.82 Å². The number of H-pyrrole nitrogens is 1. The number of halogens is 1. The van der Waals surface area contributed by atoms with Gasteiger partial charge in [-0.15, -0.1) is 0 Å². The van der Waals surface area contributed by atoms with Gasteiger partial charge in [-0.25, -0.2) is 4.98 Å². The maximum atomic E-state index is 7.38. The Kier molecular flexibility index (Phi) is 1.14. The van der Waals surface area contributed by atoms with Gasteiger partial charge in [0.25, 0.3) is 0 Å². The molecule has 1 aromatic heterocycles. The molecule has 0 aliphatic carbocycles. The standard InChI is InChI=1S/C10H9BrN2/c1-7-2-3-8(6-9(7)11)10-12-4-5-13-10/h2-6H,1H3,(H,12,13)/i1D3,4D,5D. The summed E-state index contributed by atoms with van der Waals surface area (Å²) in [5, 5.41) is 0. The molecule has 2 rings (SSSR count). The minimum atomic E-state index is -2.18. The zero-order chi connectivity index (χ0) is 13.5. The SMILES string of the molecule is [2H]c1nc(-c2ccc(C([2H])([2H])[2H])c(Br)c2)[nH]c1[2H]. The smallest absolute Gasteiger partial charge is 0.137 e. The average molecular weight is 242 g/mol. The molecule has 0 fully saturated rings. The first-order valence-electron chi connectivity index (χ1n) is 6.12. The van der Waals surface area contributed by atoms with Crippen molar-refractivity contribution >= 4 is 15.9 Å².